The van der Waals surface area contributed by atoms with Gasteiger partial charge in [0.2, 0.25) is 0 Å². The largest absolute Gasteiger partial charge is 0.496 e. The number of anilines is 1. The summed E-state index contributed by atoms with van der Waals surface area (Å²) in [5.74, 6) is 1.94. The Bertz CT molecular complexity index is 518. The van der Waals surface area contributed by atoms with Gasteiger partial charge in [0.25, 0.3) is 0 Å². The Morgan fingerprint density at radius 1 is 1.19 bits per heavy atom. The molecule has 0 fully saturated rings. The smallest absolute Gasteiger partial charge is 0.169 e. The summed E-state index contributed by atoms with van der Waals surface area (Å²) < 4.78 is 10.4. The van der Waals surface area contributed by atoms with Crippen molar-refractivity contribution in [1.82, 2.24) is 5.16 Å². The third kappa shape index (κ3) is 1.74. The second kappa shape index (κ2) is 3.89. The molecule has 0 saturated carbocycles. The number of ether oxygens (including phenoxy) is 1. The highest BCUT2D eigenvalue weighted by Gasteiger charge is 2.10. The van der Waals surface area contributed by atoms with Crippen molar-refractivity contribution in [2.24, 2.45) is 0 Å². The van der Waals surface area contributed by atoms with Gasteiger partial charge < -0.3 is 15.0 Å². The molecule has 1 heterocycles. The van der Waals surface area contributed by atoms with Gasteiger partial charge in [0, 0.05) is 11.6 Å². The minimum Gasteiger partial charge on any atom is -0.496 e. The lowest BCUT2D eigenvalue weighted by Gasteiger charge is -2.08. The van der Waals surface area contributed by atoms with Gasteiger partial charge in [-0.05, 0) is 37.1 Å². The fourth-order valence-corrected chi connectivity index (χ4v) is 1.69. The highest BCUT2D eigenvalue weighted by atomic mass is 16.5. The van der Waals surface area contributed by atoms with Crippen LogP contribution in [-0.4, -0.2) is 12.3 Å². The molecule has 0 spiro atoms. The monoisotopic (exact) mass is 218 g/mol. The summed E-state index contributed by atoms with van der Waals surface area (Å²) in [5, 5.41) is 3.68. The molecule has 0 bridgehead atoms. The van der Waals surface area contributed by atoms with Crippen molar-refractivity contribution in [2.45, 2.75) is 13.8 Å². The number of nitrogens with zero attached hydrogens (tertiary/aromatic N) is 1. The summed E-state index contributed by atoms with van der Waals surface area (Å²) in [6.07, 6.45) is 0. The Balaban J connectivity index is 2.54. The molecule has 16 heavy (non-hydrogen) atoms. The van der Waals surface area contributed by atoms with E-state index in [-0.39, 0.29) is 0 Å². The third-order valence-corrected chi connectivity index (χ3v) is 2.54. The van der Waals surface area contributed by atoms with E-state index >= 15 is 0 Å². The zero-order valence-corrected chi connectivity index (χ0v) is 9.57. The van der Waals surface area contributed by atoms with Crippen molar-refractivity contribution in [2.75, 3.05) is 12.8 Å². The first-order chi connectivity index (χ1) is 7.61. The predicted octanol–water partition coefficient (Wildman–Crippen LogP) is 2.55. The summed E-state index contributed by atoms with van der Waals surface area (Å²) in [4.78, 5) is 0. The number of benzene rings is 1. The van der Waals surface area contributed by atoms with E-state index in [1.165, 1.54) is 0 Å². The fourth-order valence-electron chi connectivity index (χ4n) is 1.69. The van der Waals surface area contributed by atoms with Crippen molar-refractivity contribution in [3.05, 3.63) is 29.3 Å². The van der Waals surface area contributed by atoms with Gasteiger partial charge in [0.1, 0.15) is 5.75 Å². The summed E-state index contributed by atoms with van der Waals surface area (Å²) in [6.45, 7) is 3.98. The van der Waals surface area contributed by atoms with Crippen LogP contribution < -0.4 is 10.5 Å². The van der Waals surface area contributed by atoms with E-state index in [0.29, 0.717) is 11.6 Å². The number of nitrogen functional groups attached to an aromatic ring is 1. The number of aromatic nitrogens is 1. The zero-order chi connectivity index (χ0) is 11.7. The normalized spacial score (nSPS) is 10.4. The standard InChI is InChI=1S/C12H14N2O2/c1-7-5-10(15-3)8(2)4-9(7)11-6-12(13)14-16-11/h4-6H,1-3H3,(H2,13,14). The molecule has 1 aromatic carbocycles. The van der Waals surface area contributed by atoms with Crippen LogP contribution in [0.15, 0.2) is 22.7 Å². The van der Waals surface area contributed by atoms with E-state index in [2.05, 4.69) is 5.16 Å². The maximum Gasteiger partial charge on any atom is 0.169 e. The molecular formula is C12H14N2O2. The first kappa shape index (κ1) is 10.5. The Morgan fingerprint density at radius 2 is 1.94 bits per heavy atom. The van der Waals surface area contributed by atoms with E-state index in [1.807, 2.05) is 26.0 Å². The van der Waals surface area contributed by atoms with Crippen LogP contribution in [0.1, 0.15) is 11.1 Å². The van der Waals surface area contributed by atoms with Crippen molar-refractivity contribution >= 4 is 5.82 Å². The Hall–Kier alpha value is -1.97. The third-order valence-electron chi connectivity index (χ3n) is 2.54. The van der Waals surface area contributed by atoms with E-state index in [0.717, 1.165) is 22.4 Å². The lowest BCUT2D eigenvalue weighted by Crippen LogP contribution is -1.90. The van der Waals surface area contributed by atoms with Gasteiger partial charge >= 0.3 is 0 Å². The lowest BCUT2D eigenvalue weighted by atomic mass is 10.0. The molecule has 4 nitrogen and oxygen atoms in total. The van der Waals surface area contributed by atoms with Crippen LogP contribution in [0.25, 0.3) is 11.3 Å². The first-order valence-electron chi connectivity index (χ1n) is 4.99. The van der Waals surface area contributed by atoms with Gasteiger partial charge in [-0.15, -0.1) is 0 Å². The SMILES string of the molecule is COc1cc(C)c(-c2cc(N)no2)cc1C. The molecule has 0 aliphatic carbocycles. The molecule has 4 heteroatoms. The van der Waals surface area contributed by atoms with Crippen molar-refractivity contribution in [1.29, 1.82) is 0 Å². The van der Waals surface area contributed by atoms with E-state index in [9.17, 15) is 0 Å². The van der Waals surface area contributed by atoms with Crippen LogP contribution >= 0.6 is 0 Å². The Labute approximate surface area is 94.0 Å². The van der Waals surface area contributed by atoms with Crippen LogP contribution in [0, 0.1) is 13.8 Å². The van der Waals surface area contributed by atoms with Crippen molar-refractivity contribution in [3.63, 3.8) is 0 Å². The average Bonchev–Trinajstić information content (AvgIpc) is 2.67. The fraction of sp³-hybridized carbons (Fsp3) is 0.250. The van der Waals surface area contributed by atoms with Crippen molar-refractivity contribution < 1.29 is 9.26 Å². The molecule has 0 saturated heterocycles. The Morgan fingerprint density at radius 3 is 2.50 bits per heavy atom. The second-order valence-electron chi connectivity index (χ2n) is 3.75. The van der Waals surface area contributed by atoms with Gasteiger partial charge in [-0.3, -0.25) is 0 Å². The summed E-state index contributed by atoms with van der Waals surface area (Å²) in [7, 11) is 1.66. The topological polar surface area (TPSA) is 61.3 Å². The van der Waals surface area contributed by atoms with Crippen LogP contribution in [0.2, 0.25) is 0 Å². The van der Waals surface area contributed by atoms with Gasteiger partial charge in [-0.2, -0.15) is 0 Å². The number of methoxy groups -OCH3 is 1. The van der Waals surface area contributed by atoms with Crippen LogP contribution in [0.4, 0.5) is 5.82 Å². The van der Waals surface area contributed by atoms with E-state index < -0.39 is 0 Å². The van der Waals surface area contributed by atoms with Crippen molar-refractivity contribution in [3.8, 4) is 17.1 Å². The number of aryl methyl sites for hydroxylation is 2. The number of nitrogens with two attached hydrogens (primary N) is 1. The van der Waals surface area contributed by atoms with Gasteiger partial charge in [0.15, 0.2) is 11.6 Å². The van der Waals surface area contributed by atoms with Crippen LogP contribution in [-0.2, 0) is 0 Å². The number of rotatable bonds is 2. The molecule has 84 valence electrons. The molecule has 2 aromatic rings. The molecule has 0 atom stereocenters. The van der Waals surface area contributed by atoms with E-state index in [1.54, 1.807) is 13.2 Å². The minimum atomic E-state index is 0.392. The van der Waals surface area contributed by atoms with E-state index in [4.69, 9.17) is 15.0 Å². The Kier molecular flexibility index (Phi) is 2.56. The molecule has 0 radical (unpaired) electrons. The molecule has 0 aliphatic rings. The molecule has 0 amide bonds. The summed E-state index contributed by atoms with van der Waals surface area (Å²) >= 11 is 0. The quantitative estimate of drug-likeness (QED) is 0.841. The maximum atomic E-state index is 5.53. The van der Waals surface area contributed by atoms with Crippen LogP contribution in [0.5, 0.6) is 5.75 Å². The number of hydrogen-bond acceptors (Lipinski definition) is 4. The molecule has 0 unspecified atom stereocenters. The summed E-state index contributed by atoms with van der Waals surface area (Å²) in [6, 6.07) is 5.70. The predicted molar refractivity (Wildman–Crippen MR) is 62.4 cm³/mol. The highest BCUT2D eigenvalue weighted by Crippen LogP contribution is 2.30. The molecule has 0 aliphatic heterocycles. The van der Waals surface area contributed by atoms with Gasteiger partial charge in [-0.1, -0.05) is 5.16 Å². The zero-order valence-electron chi connectivity index (χ0n) is 9.57. The van der Waals surface area contributed by atoms with Crippen LogP contribution in [0.3, 0.4) is 0 Å². The molecular weight excluding hydrogens is 204 g/mol. The highest BCUT2D eigenvalue weighted by molar-refractivity contribution is 5.66. The second-order valence-corrected chi connectivity index (χ2v) is 3.75. The molecule has 1 aromatic heterocycles. The average molecular weight is 218 g/mol. The molecule has 2 N–H and O–H groups in total. The first-order valence-corrected chi connectivity index (χ1v) is 4.99. The minimum absolute atomic E-state index is 0.392. The number of hydrogen-bond donors (Lipinski definition) is 1. The van der Waals surface area contributed by atoms with Gasteiger partial charge in [0.05, 0.1) is 7.11 Å². The lowest BCUT2D eigenvalue weighted by molar-refractivity contribution is 0.411. The molecule has 2 rings (SSSR count). The van der Waals surface area contributed by atoms with Gasteiger partial charge in [-0.25, -0.2) is 0 Å². The summed E-state index contributed by atoms with van der Waals surface area (Å²) in [5.41, 5.74) is 8.64. The maximum absolute atomic E-state index is 5.53.